The molecule has 0 spiro atoms. The minimum atomic E-state index is -1.17. The third kappa shape index (κ3) is 11.0. The number of rotatable bonds is 15. The van der Waals surface area contributed by atoms with Crippen LogP contribution in [0.3, 0.4) is 0 Å². The smallest absolute Gasteiger partial charge is 0.331 e. The third-order valence-corrected chi connectivity index (χ3v) is 7.96. The van der Waals surface area contributed by atoms with Crippen LogP contribution >= 0.6 is 0 Å². The molecule has 5 aromatic rings. The van der Waals surface area contributed by atoms with Gasteiger partial charge in [0.1, 0.15) is 37.1 Å². The number of esters is 1. The number of amides is 1. The van der Waals surface area contributed by atoms with Crippen molar-refractivity contribution in [2.45, 2.75) is 38.9 Å². The van der Waals surface area contributed by atoms with Gasteiger partial charge in [0, 0.05) is 22.8 Å². The molecule has 2 N–H and O–H groups in total. The zero-order valence-corrected chi connectivity index (χ0v) is 29.8. The average Bonchev–Trinajstić information content (AvgIpc) is 3.20. The largest absolute Gasteiger partial charge is 0.497 e. The standard InChI is InChI=1S/C42H40N2O9/c1-28(45)40(42(47)50-4)44-41(46)33-15-7-29(8-16-33)5-6-30-9-21-37(22-10-30)51-27-34-23-38(52-25-31-11-17-35(48-2)18-12-31)39(24-43-34)53-26-32-13-19-36(49-3)20-14-32/h7-24,28,40,45H,25-27H2,1-4H3,(H,44,46)/t28-,40+/m1/s1. The molecule has 1 aromatic heterocycles. The molecule has 0 fully saturated rings. The van der Waals surface area contributed by atoms with E-state index in [9.17, 15) is 14.7 Å². The van der Waals surface area contributed by atoms with Crippen molar-refractivity contribution in [1.82, 2.24) is 10.3 Å². The van der Waals surface area contributed by atoms with Gasteiger partial charge in [-0.05, 0) is 90.8 Å². The molecule has 0 aliphatic carbocycles. The number of nitrogens with zero attached hydrogens (tertiary/aromatic N) is 1. The first kappa shape index (κ1) is 37.7. The molecule has 2 atom stereocenters. The average molecular weight is 717 g/mol. The van der Waals surface area contributed by atoms with Gasteiger partial charge in [0.15, 0.2) is 17.5 Å². The van der Waals surface area contributed by atoms with Crippen LogP contribution in [0.4, 0.5) is 0 Å². The fourth-order valence-electron chi connectivity index (χ4n) is 4.90. The molecule has 0 aliphatic rings. The Labute approximate surface area is 308 Å². The molecule has 11 nitrogen and oxygen atoms in total. The number of ether oxygens (including phenoxy) is 6. The maximum Gasteiger partial charge on any atom is 0.331 e. The number of hydrogen-bond donors (Lipinski definition) is 2. The van der Waals surface area contributed by atoms with Crippen molar-refractivity contribution in [1.29, 1.82) is 0 Å². The van der Waals surface area contributed by atoms with Gasteiger partial charge in [-0.15, -0.1) is 0 Å². The Hall–Kier alpha value is -6.51. The highest BCUT2D eigenvalue weighted by Gasteiger charge is 2.26. The number of aliphatic hydroxyl groups excluding tert-OH is 1. The number of carbonyl (C=O) groups is 2. The number of aliphatic hydroxyl groups is 1. The van der Waals surface area contributed by atoms with Gasteiger partial charge in [-0.3, -0.25) is 9.78 Å². The Bertz CT molecular complexity index is 2020. The molecule has 4 aromatic carbocycles. The van der Waals surface area contributed by atoms with Crippen LogP contribution in [0.15, 0.2) is 109 Å². The number of benzene rings is 4. The van der Waals surface area contributed by atoms with E-state index < -0.39 is 24.0 Å². The van der Waals surface area contributed by atoms with Crippen LogP contribution in [-0.2, 0) is 29.4 Å². The summed E-state index contributed by atoms with van der Waals surface area (Å²) in [5, 5.41) is 12.3. The van der Waals surface area contributed by atoms with Gasteiger partial charge in [-0.1, -0.05) is 36.1 Å². The van der Waals surface area contributed by atoms with Crippen LogP contribution in [-0.4, -0.2) is 55.4 Å². The maximum atomic E-state index is 12.6. The first-order valence-corrected chi connectivity index (χ1v) is 16.7. The third-order valence-electron chi connectivity index (χ3n) is 7.96. The second-order valence-corrected chi connectivity index (χ2v) is 11.8. The Morgan fingerprint density at radius 3 is 1.70 bits per heavy atom. The van der Waals surface area contributed by atoms with Crippen molar-refractivity contribution < 1.29 is 43.1 Å². The minimum absolute atomic E-state index is 0.195. The molecule has 1 amide bonds. The highest BCUT2D eigenvalue weighted by molar-refractivity contribution is 5.97. The summed E-state index contributed by atoms with van der Waals surface area (Å²) in [6, 6.07) is 29.9. The lowest BCUT2D eigenvalue weighted by atomic mass is 10.1. The van der Waals surface area contributed by atoms with E-state index in [0.29, 0.717) is 47.3 Å². The van der Waals surface area contributed by atoms with Gasteiger partial charge in [0.05, 0.1) is 39.3 Å². The highest BCUT2D eigenvalue weighted by Crippen LogP contribution is 2.30. The summed E-state index contributed by atoms with van der Waals surface area (Å²) >= 11 is 0. The number of nitrogens with one attached hydrogen (secondary N) is 1. The predicted octanol–water partition coefficient (Wildman–Crippen LogP) is 5.89. The number of carbonyl (C=O) groups excluding carboxylic acids is 2. The van der Waals surface area contributed by atoms with Crippen LogP contribution in [0.1, 0.15) is 45.2 Å². The Morgan fingerprint density at radius 1 is 0.679 bits per heavy atom. The van der Waals surface area contributed by atoms with Crippen LogP contribution in [0.2, 0.25) is 0 Å². The van der Waals surface area contributed by atoms with Gasteiger partial charge in [-0.2, -0.15) is 0 Å². The van der Waals surface area contributed by atoms with Crippen molar-refractivity contribution in [3.63, 3.8) is 0 Å². The second-order valence-electron chi connectivity index (χ2n) is 11.8. The van der Waals surface area contributed by atoms with E-state index in [1.165, 1.54) is 14.0 Å². The molecule has 0 unspecified atom stereocenters. The van der Waals surface area contributed by atoms with E-state index in [4.69, 9.17) is 23.7 Å². The van der Waals surface area contributed by atoms with Crippen LogP contribution in [0.25, 0.3) is 0 Å². The van der Waals surface area contributed by atoms with Crippen LogP contribution < -0.4 is 29.0 Å². The highest BCUT2D eigenvalue weighted by atomic mass is 16.5. The molecule has 0 saturated heterocycles. The normalized spacial score (nSPS) is 11.6. The molecule has 0 saturated carbocycles. The SMILES string of the molecule is COC(=O)[C@@H](NC(=O)c1ccc(C#Cc2ccc(OCc3cc(OCc4ccc(OC)cc4)c(OCc4ccc(OC)cc4)cn3)cc2)cc1)[C@@H](C)O. The van der Waals surface area contributed by atoms with Crippen molar-refractivity contribution >= 4 is 11.9 Å². The number of hydrogen-bond acceptors (Lipinski definition) is 10. The number of pyridine rings is 1. The summed E-state index contributed by atoms with van der Waals surface area (Å²) in [6.45, 7) is 2.23. The topological polar surface area (TPSA) is 135 Å². The van der Waals surface area contributed by atoms with Crippen molar-refractivity contribution in [3.05, 3.63) is 143 Å². The van der Waals surface area contributed by atoms with Gasteiger partial charge in [0.25, 0.3) is 5.91 Å². The second kappa shape index (κ2) is 18.6. The maximum absolute atomic E-state index is 12.6. The zero-order valence-electron chi connectivity index (χ0n) is 29.8. The molecule has 11 heteroatoms. The summed E-state index contributed by atoms with van der Waals surface area (Å²) < 4.78 is 33.5. The lowest BCUT2D eigenvalue weighted by Gasteiger charge is -2.18. The molecular weight excluding hydrogens is 676 g/mol. The molecule has 0 bridgehead atoms. The molecule has 272 valence electrons. The lowest BCUT2D eigenvalue weighted by molar-refractivity contribution is -0.145. The Balaban J connectivity index is 1.20. The van der Waals surface area contributed by atoms with Crippen molar-refractivity contribution in [3.8, 4) is 40.6 Å². The summed E-state index contributed by atoms with van der Waals surface area (Å²) in [5.74, 6) is 8.13. The van der Waals surface area contributed by atoms with E-state index in [1.54, 1.807) is 44.7 Å². The molecule has 1 heterocycles. The molecular formula is C42H40N2O9. The Kier molecular flexibility index (Phi) is 13.3. The quantitative estimate of drug-likeness (QED) is 0.0999. The van der Waals surface area contributed by atoms with E-state index in [-0.39, 0.29) is 6.61 Å². The van der Waals surface area contributed by atoms with Crippen molar-refractivity contribution in [2.24, 2.45) is 0 Å². The predicted molar refractivity (Wildman–Crippen MR) is 197 cm³/mol. The van der Waals surface area contributed by atoms with E-state index in [1.807, 2.05) is 78.9 Å². The molecule has 53 heavy (non-hydrogen) atoms. The fraction of sp³-hybridized carbons (Fsp3) is 0.214. The summed E-state index contributed by atoms with van der Waals surface area (Å²) in [7, 11) is 4.44. The summed E-state index contributed by atoms with van der Waals surface area (Å²) in [5.41, 5.74) is 4.35. The Morgan fingerprint density at radius 2 is 1.19 bits per heavy atom. The first-order valence-electron chi connectivity index (χ1n) is 16.7. The number of methoxy groups -OCH3 is 3. The lowest BCUT2D eigenvalue weighted by Crippen LogP contribution is -2.48. The zero-order chi connectivity index (χ0) is 37.6. The monoisotopic (exact) mass is 716 g/mol. The fourth-order valence-corrected chi connectivity index (χ4v) is 4.90. The minimum Gasteiger partial charge on any atom is -0.497 e. The van der Waals surface area contributed by atoms with Crippen molar-refractivity contribution in [2.75, 3.05) is 21.3 Å². The van der Waals surface area contributed by atoms with Gasteiger partial charge in [-0.25, -0.2) is 4.79 Å². The molecule has 5 rings (SSSR count). The molecule has 0 aliphatic heterocycles. The first-order chi connectivity index (χ1) is 25.7. The number of aromatic nitrogens is 1. The molecule has 0 radical (unpaired) electrons. The van der Waals surface area contributed by atoms with Gasteiger partial charge >= 0.3 is 5.97 Å². The van der Waals surface area contributed by atoms with Gasteiger partial charge < -0.3 is 38.8 Å². The van der Waals surface area contributed by atoms with E-state index >= 15 is 0 Å². The van der Waals surface area contributed by atoms with Crippen LogP contribution in [0, 0.1) is 11.8 Å². The summed E-state index contributed by atoms with van der Waals surface area (Å²) in [4.78, 5) is 29.0. The summed E-state index contributed by atoms with van der Waals surface area (Å²) in [6.07, 6.45) is 0.523. The van der Waals surface area contributed by atoms with E-state index in [2.05, 4.69) is 26.9 Å². The van der Waals surface area contributed by atoms with Gasteiger partial charge in [0.2, 0.25) is 0 Å². The van der Waals surface area contributed by atoms with E-state index in [0.717, 1.165) is 28.2 Å². The van der Waals surface area contributed by atoms with Crippen LogP contribution in [0.5, 0.6) is 28.7 Å².